The van der Waals surface area contributed by atoms with Gasteiger partial charge in [0.15, 0.2) is 0 Å². The zero-order valence-electron chi connectivity index (χ0n) is 19.5. The molecule has 2 heterocycles. The van der Waals surface area contributed by atoms with Gasteiger partial charge < -0.3 is 19.3 Å². The zero-order valence-corrected chi connectivity index (χ0v) is 19.5. The van der Waals surface area contributed by atoms with E-state index < -0.39 is 5.41 Å². The van der Waals surface area contributed by atoms with Gasteiger partial charge in [0, 0.05) is 43.6 Å². The van der Waals surface area contributed by atoms with E-state index in [9.17, 15) is 9.59 Å². The fourth-order valence-corrected chi connectivity index (χ4v) is 4.96. The highest BCUT2D eigenvalue weighted by atomic mass is 16.5. The van der Waals surface area contributed by atoms with Crippen molar-refractivity contribution in [1.29, 1.82) is 0 Å². The number of carbonyl (C=O) groups excluding carboxylic acids is 2. The second-order valence-electron chi connectivity index (χ2n) is 9.28. The largest absolute Gasteiger partial charge is 0.497 e. The topological polar surface area (TPSA) is 59.1 Å². The Morgan fingerprint density at radius 3 is 2.36 bits per heavy atom. The van der Waals surface area contributed by atoms with Crippen molar-refractivity contribution < 1.29 is 19.1 Å². The van der Waals surface area contributed by atoms with E-state index in [0.717, 1.165) is 44.5 Å². The molecule has 2 aromatic carbocycles. The minimum absolute atomic E-state index is 0.0249. The minimum atomic E-state index is -0.406. The molecule has 2 aromatic rings. The number of carbonyl (C=O) groups is 2. The lowest BCUT2D eigenvalue weighted by Gasteiger charge is -2.43. The van der Waals surface area contributed by atoms with Crippen LogP contribution in [0.2, 0.25) is 0 Å². The number of piperidine rings is 2. The highest BCUT2D eigenvalue weighted by Gasteiger charge is 2.41. The van der Waals surface area contributed by atoms with E-state index in [1.165, 1.54) is 6.42 Å². The van der Waals surface area contributed by atoms with Crippen molar-refractivity contribution in [1.82, 2.24) is 9.80 Å². The summed E-state index contributed by atoms with van der Waals surface area (Å²) < 4.78 is 11.5. The van der Waals surface area contributed by atoms with Gasteiger partial charge in [0.1, 0.15) is 11.5 Å². The number of nitrogens with zero attached hydrogens (tertiary/aromatic N) is 2. The van der Waals surface area contributed by atoms with Gasteiger partial charge in [0.05, 0.1) is 13.7 Å². The normalized spacial score (nSPS) is 20.9. The van der Waals surface area contributed by atoms with Crippen LogP contribution in [0.25, 0.3) is 0 Å². The molecular weight excluding hydrogens is 416 g/mol. The van der Waals surface area contributed by atoms with E-state index in [0.29, 0.717) is 37.4 Å². The van der Waals surface area contributed by atoms with E-state index in [1.54, 1.807) is 13.2 Å². The number of hydrogen-bond acceptors (Lipinski definition) is 4. The quantitative estimate of drug-likeness (QED) is 0.627. The highest BCUT2D eigenvalue weighted by molar-refractivity contribution is 5.94. The first-order chi connectivity index (χ1) is 16.1. The van der Waals surface area contributed by atoms with Crippen LogP contribution < -0.4 is 9.47 Å². The Morgan fingerprint density at radius 2 is 1.61 bits per heavy atom. The molecule has 2 saturated heterocycles. The zero-order chi connectivity index (χ0) is 23.1. The molecule has 0 aliphatic carbocycles. The minimum Gasteiger partial charge on any atom is -0.497 e. The Bertz CT molecular complexity index is 942. The van der Waals surface area contributed by atoms with Crippen molar-refractivity contribution in [2.75, 3.05) is 39.9 Å². The summed E-state index contributed by atoms with van der Waals surface area (Å²) in [6, 6.07) is 17.0. The Morgan fingerprint density at radius 1 is 0.879 bits per heavy atom. The number of likely N-dealkylation sites (tertiary alicyclic amines) is 2. The van der Waals surface area contributed by atoms with Gasteiger partial charge in [-0.25, -0.2) is 0 Å². The maximum atomic E-state index is 13.4. The van der Waals surface area contributed by atoms with E-state index in [-0.39, 0.29) is 11.8 Å². The summed E-state index contributed by atoms with van der Waals surface area (Å²) >= 11 is 0. The van der Waals surface area contributed by atoms with Crippen LogP contribution in [-0.4, -0.2) is 61.5 Å². The third-order valence-corrected chi connectivity index (χ3v) is 6.79. The standard InChI is InChI=1S/C27H34N2O4/c1-32-24-13-8-10-22(18-24)26(31)29-17-9-14-27(20-29,21-33-23-11-4-2-5-12-23)19-25(30)28-15-6-3-7-16-28/h2,4-5,8,10-13,18H,3,6-7,9,14-17,19-21H2,1H3/t27-/m0/s1. The Hall–Kier alpha value is -3.02. The molecule has 33 heavy (non-hydrogen) atoms. The van der Waals surface area contributed by atoms with Crippen molar-refractivity contribution in [2.24, 2.45) is 5.41 Å². The molecule has 1 atom stereocenters. The maximum Gasteiger partial charge on any atom is 0.254 e. The molecule has 0 N–H and O–H groups in total. The number of amides is 2. The first-order valence-electron chi connectivity index (χ1n) is 12.0. The summed E-state index contributed by atoms with van der Waals surface area (Å²) in [5.74, 6) is 1.61. The molecule has 2 amide bonds. The van der Waals surface area contributed by atoms with Crippen LogP contribution in [0.5, 0.6) is 11.5 Å². The van der Waals surface area contributed by atoms with Crippen molar-refractivity contribution in [3.8, 4) is 11.5 Å². The Labute approximate surface area is 196 Å². The van der Waals surface area contributed by atoms with Gasteiger partial charge in [-0.15, -0.1) is 0 Å². The molecular formula is C27H34N2O4. The van der Waals surface area contributed by atoms with E-state index in [1.807, 2.05) is 58.3 Å². The van der Waals surface area contributed by atoms with Gasteiger partial charge in [-0.3, -0.25) is 9.59 Å². The van der Waals surface area contributed by atoms with E-state index in [2.05, 4.69) is 0 Å². The molecule has 0 aromatic heterocycles. The predicted molar refractivity (Wildman–Crippen MR) is 128 cm³/mol. The fraction of sp³-hybridized carbons (Fsp3) is 0.481. The summed E-state index contributed by atoms with van der Waals surface area (Å²) in [6.45, 7) is 3.27. The number of methoxy groups -OCH3 is 1. The first kappa shape index (κ1) is 23.1. The number of hydrogen-bond donors (Lipinski definition) is 0. The Balaban J connectivity index is 1.53. The molecule has 2 fully saturated rings. The summed E-state index contributed by atoms with van der Waals surface area (Å²) in [5.41, 5.74) is 0.202. The second-order valence-corrected chi connectivity index (χ2v) is 9.28. The van der Waals surface area contributed by atoms with Crippen molar-refractivity contribution in [3.63, 3.8) is 0 Å². The number of ether oxygens (including phenoxy) is 2. The molecule has 4 rings (SSSR count). The molecule has 0 spiro atoms. The van der Waals surface area contributed by atoms with Gasteiger partial charge in [-0.1, -0.05) is 24.3 Å². The van der Waals surface area contributed by atoms with E-state index in [4.69, 9.17) is 9.47 Å². The molecule has 0 unspecified atom stereocenters. The van der Waals surface area contributed by atoms with Gasteiger partial charge in [-0.2, -0.15) is 0 Å². The van der Waals surface area contributed by atoms with Gasteiger partial charge in [0.25, 0.3) is 5.91 Å². The first-order valence-corrected chi connectivity index (χ1v) is 12.0. The summed E-state index contributed by atoms with van der Waals surface area (Å²) in [4.78, 5) is 30.5. The molecule has 6 nitrogen and oxygen atoms in total. The predicted octanol–water partition coefficient (Wildman–Crippen LogP) is 4.40. The molecule has 0 radical (unpaired) electrons. The van der Waals surface area contributed by atoms with Gasteiger partial charge in [0.2, 0.25) is 5.91 Å². The lowest BCUT2D eigenvalue weighted by molar-refractivity contribution is -0.136. The smallest absolute Gasteiger partial charge is 0.254 e. The highest BCUT2D eigenvalue weighted by Crippen LogP contribution is 2.36. The maximum absolute atomic E-state index is 13.4. The molecule has 6 heteroatoms. The fourth-order valence-electron chi connectivity index (χ4n) is 4.96. The summed E-state index contributed by atoms with van der Waals surface area (Å²) in [7, 11) is 1.60. The summed E-state index contributed by atoms with van der Waals surface area (Å²) in [5, 5.41) is 0. The third-order valence-electron chi connectivity index (χ3n) is 6.79. The van der Waals surface area contributed by atoms with Crippen LogP contribution in [-0.2, 0) is 4.79 Å². The average molecular weight is 451 g/mol. The lowest BCUT2D eigenvalue weighted by atomic mass is 9.77. The molecule has 176 valence electrons. The van der Waals surface area contributed by atoms with Crippen LogP contribution in [0.4, 0.5) is 0 Å². The third kappa shape index (κ3) is 5.86. The lowest BCUT2D eigenvalue weighted by Crippen LogP contribution is -2.51. The monoisotopic (exact) mass is 450 g/mol. The van der Waals surface area contributed by atoms with Crippen molar-refractivity contribution >= 4 is 11.8 Å². The van der Waals surface area contributed by atoms with Crippen LogP contribution in [0.1, 0.15) is 48.9 Å². The van der Waals surface area contributed by atoms with Gasteiger partial charge >= 0.3 is 0 Å². The van der Waals surface area contributed by atoms with Crippen LogP contribution in [0, 0.1) is 5.41 Å². The molecule has 0 saturated carbocycles. The SMILES string of the molecule is COc1cccc(C(=O)N2CCC[C@](COc3ccccc3)(CC(=O)N3CCCCC3)C2)c1. The molecule has 2 aliphatic rings. The van der Waals surface area contributed by atoms with Crippen LogP contribution in [0.15, 0.2) is 54.6 Å². The number of para-hydroxylation sites is 1. The second kappa shape index (κ2) is 10.7. The van der Waals surface area contributed by atoms with E-state index >= 15 is 0 Å². The number of rotatable bonds is 7. The molecule has 0 bridgehead atoms. The van der Waals surface area contributed by atoms with Gasteiger partial charge in [-0.05, 0) is 62.4 Å². The molecule has 2 aliphatic heterocycles. The van der Waals surface area contributed by atoms with Crippen LogP contribution >= 0.6 is 0 Å². The van der Waals surface area contributed by atoms with Crippen LogP contribution in [0.3, 0.4) is 0 Å². The van der Waals surface area contributed by atoms with Crippen molar-refractivity contribution in [3.05, 3.63) is 60.2 Å². The van der Waals surface area contributed by atoms with Crippen molar-refractivity contribution in [2.45, 2.75) is 38.5 Å². The Kier molecular flexibility index (Phi) is 7.53. The average Bonchev–Trinajstić information content (AvgIpc) is 2.88. The number of benzene rings is 2. The summed E-state index contributed by atoms with van der Waals surface area (Å²) in [6.07, 6.45) is 5.44.